The molecule has 0 spiro atoms. The maximum Gasteiger partial charge on any atom is 0.264 e. The van der Waals surface area contributed by atoms with Crippen molar-refractivity contribution < 1.29 is 22.7 Å². The standard InChI is InChI=1S/C28H33N3O5S/c1-5-26(28(33)29-3)30(19-22-12-9-11-21(2)17-22)27(32)20-31(23-13-10-14-24(18-23)36-4)37(34,35)25-15-7-6-8-16-25/h6-18,26H,5,19-20H2,1-4H3,(H,29,33)/t26-/m0/s1. The molecule has 9 heteroatoms. The van der Waals surface area contributed by atoms with Crippen LogP contribution < -0.4 is 14.4 Å². The quantitative estimate of drug-likeness (QED) is 0.413. The molecule has 2 amide bonds. The number of anilines is 1. The van der Waals surface area contributed by atoms with E-state index < -0.39 is 28.5 Å². The predicted octanol–water partition coefficient (Wildman–Crippen LogP) is 3.75. The van der Waals surface area contributed by atoms with Gasteiger partial charge in [-0.05, 0) is 43.2 Å². The Morgan fingerprint density at radius 1 is 0.973 bits per heavy atom. The van der Waals surface area contributed by atoms with E-state index in [4.69, 9.17) is 4.74 Å². The maximum atomic E-state index is 13.9. The number of carbonyl (C=O) groups excluding carboxylic acids is 2. The minimum atomic E-state index is -4.12. The molecule has 0 aliphatic carbocycles. The Morgan fingerprint density at radius 3 is 2.30 bits per heavy atom. The minimum Gasteiger partial charge on any atom is -0.497 e. The Labute approximate surface area is 218 Å². The normalized spacial score (nSPS) is 11.9. The molecule has 1 N–H and O–H groups in total. The third-order valence-electron chi connectivity index (χ3n) is 6.02. The molecular weight excluding hydrogens is 490 g/mol. The third kappa shape index (κ3) is 6.68. The lowest BCUT2D eigenvalue weighted by Gasteiger charge is -2.33. The van der Waals surface area contributed by atoms with Gasteiger partial charge in [-0.2, -0.15) is 0 Å². The molecule has 8 nitrogen and oxygen atoms in total. The predicted molar refractivity (Wildman–Crippen MR) is 144 cm³/mol. The number of nitrogens with one attached hydrogen (secondary N) is 1. The van der Waals surface area contributed by atoms with Gasteiger partial charge in [0.05, 0.1) is 17.7 Å². The lowest BCUT2D eigenvalue weighted by molar-refractivity contribution is -0.140. The first-order chi connectivity index (χ1) is 17.7. The van der Waals surface area contributed by atoms with Gasteiger partial charge in [-0.25, -0.2) is 8.42 Å². The molecule has 0 radical (unpaired) electrons. The Kier molecular flexibility index (Phi) is 9.30. The number of nitrogens with zero attached hydrogens (tertiary/aromatic N) is 2. The van der Waals surface area contributed by atoms with Crippen LogP contribution in [0.15, 0.2) is 83.8 Å². The van der Waals surface area contributed by atoms with Crippen molar-refractivity contribution in [2.45, 2.75) is 37.8 Å². The number of likely N-dealkylation sites (N-methyl/N-ethyl adjacent to an activating group) is 1. The second-order valence-corrected chi connectivity index (χ2v) is 10.4. The van der Waals surface area contributed by atoms with Gasteiger partial charge in [0, 0.05) is 19.7 Å². The fourth-order valence-electron chi connectivity index (χ4n) is 4.11. The van der Waals surface area contributed by atoms with Crippen molar-refractivity contribution in [2.24, 2.45) is 0 Å². The molecule has 0 fully saturated rings. The van der Waals surface area contributed by atoms with Gasteiger partial charge in [0.15, 0.2) is 0 Å². The number of benzene rings is 3. The second-order valence-electron chi connectivity index (χ2n) is 8.58. The lowest BCUT2D eigenvalue weighted by Crippen LogP contribution is -2.51. The maximum absolute atomic E-state index is 13.9. The zero-order valence-electron chi connectivity index (χ0n) is 21.5. The molecule has 3 aromatic carbocycles. The zero-order valence-corrected chi connectivity index (χ0v) is 22.4. The first kappa shape index (κ1) is 27.7. The molecule has 0 unspecified atom stereocenters. The van der Waals surface area contributed by atoms with Crippen LogP contribution in [0.1, 0.15) is 24.5 Å². The molecule has 0 aliphatic rings. The molecule has 196 valence electrons. The highest BCUT2D eigenvalue weighted by Gasteiger charge is 2.33. The molecule has 0 bridgehead atoms. The Balaban J connectivity index is 2.07. The third-order valence-corrected chi connectivity index (χ3v) is 7.81. The van der Waals surface area contributed by atoms with Crippen molar-refractivity contribution in [1.29, 1.82) is 0 Å². The highest BCUT2D eigenvalue weighted by Crippen LogP contribution is 2.27. The van der Waals surface area contributed by atoms with E-state index in [9.17, 15) is 18.0 Å². The van der Waals surface area contributed by atoms with Crippen molar-refractivity contribution in [3.63, 3.8) is 0 Å². The summed E-state index contributed by atoms with van der Waals surface area (Å²) in [6.07, 6.45) is 0.363. The van der Waals surface area contributed by atoms with Crippen molar-refractivity contribution in [2.75, 3.05) is 25.0 Å². The molecule has 3 rings (SSSR count). The first-order valence-corrected chi connectivity index (χ1v) is 13.4. The number of rotatable bonds is 11. The molecular formula is C28H33N3O5S. The van der Waals surface area contributed by atoms with Crippen molar-refractivity contribution in [3.8, 4) is 5.75 Å². The van der Waals surface area contributed by atoms with Gasteiger partial charge in [-0.1, -0.05) is 61.0 Å². The van der Waals surface area contributed by atoms with E-state index in [1.807, 2.05) is 38.1 Å². The number of aryl methyl sites for hydroxylation is 1. The van der Waals surface area contributed by atoms with Crippen LogP contribution in [-0.2, 0) is 26.2 Å². The molecule has 0 heterocycles. The number of hydrogen-bond acceptors (Lipinski definition) is 5. The summed E-state index contributed by atoms with van der Waals surface area (Å²) < 4.78 is 33.9. The van der Waals surface area contributed by atoms with Gasteiger partial charge in [0.25, 0.3) is 10.0 Å². The molecule has 0 aliphatic heterocycles. The average Bonchev–Trinajstić information content (AvgIpc) is 2.91. The summed E-state index contributed by atoms with van der Waals surface area (Å²) in [5, 5.41) is 2.62. The number of methoxy groups -OCH3 is 1. The summed E-state index contributed by atoms with van der Waals surface area (Å²) in [6, 6.07) is 21.4. The Hall–Kier alpha value is -3.85. The van der Waals surface area contributed by atoms with Gasteiger partial charge >= 0.3 is 0 Å². The molecule has 0 aromatic heterocycles. The highest BCUT2D eigenvalue weighted by atomic mass is 32.2. The van der Waals surface area contributed by atoms with Crippen LogP contribution in [0.2, 0.25) is 0 Å². The van der Waals surface area contributed by atoms with Gasteiger partial charge in [0.2, 0.25) is 11.8 Å². The topological polar surface area (TPSA) is 96.0 Å². The van der Waals surface area contributed by atoms with Crippen LogP contribution in [0.5, 0.6) is 5.75 Å². The summed E-state index contributed by atoms with van der Waals surface area (Å²) >= 11 is 0. The Bertz CT molecular complexity index is 1330. The number of hydrogen-bond donors (Lipinski definition) is 1. The first-order valence-electron chi connectivity index (χ1n) is 12.0. The molecule has 1 atom stereocenters. The van der Waals surface area contributed by atoms with Crippen molar-refractivity contribution >= 4 is 27.5 Å². The van der Waals surface area contributed by atoms with E-state index >= 15 is 0 Å². The van der Waals surface area contributed by atoms with E-state index in [1.165, 1.54) is 31.2 Å². The van der Waals surface area contributed by atoms with Crippen molar-refractivity contribution in [3.05, 3.63) is 90.0 Å². The minimum absolute atomic E-state index is 0.0502. The van der Waals surface area contributed by atoms with Crippen LogP contribution in [0.25, 0.3) is 0 Å². The number of ether oxygens (including phenoxy) is 1. The summed E-state index contributed by atoms with van der Waals surface area (Å²) in [7, 11) is -1.11. The summed E-state index contributed by atoms with van der Waals surface area (Å²) in [6.45, 7) is 3.42. The summed E-state index contributed by atoms with van der Waals surface area (Å²) in [5.74, 6) is -0.367. The van der Waals surface area contributed by atoms with E-state index in [1.54, 1.807) is 42.5 Å². The second kappa shape index (κ2) is 12.4. The zero-order chi connectivity index (χ0) is 27.0. The van der Waals surface area contributed by atoms with Gasteiger partial charge in [-0.15, -0.1) is 0 Å². The fraction of sp³-hybridized carbons (Fsp3) is 0.286. The van der Waals surface area contributed by atoms with Crippen LogP contribution in [0.4, 0.5) is 5.69 Å². The van der Waals surface area contributed by atoms with E-state index in [-0.39, 0.29) is 23.0 Å². The van der Waals surface area contributed by atoms with Crippen LogP contribution in [0, 0.1) is 6.92 Å². The summed E-state index contributed by atoms with van der Waals surface area (Å²) in [4.78, 5) is 28.1. The smallest absolute Gasteiger partial charge is 0.264 e. The number of amides is 2. The molecule has 0 saturated carbocycles. The largest absolute Gasteiger partial charge is 0.497 e. The lowest BCUT2D eigenvalue weighted by atomic mass is 10.1. The summed E-state index contributed by atoms with van der Waals surface area (Å²) in [5.41, 5.74) is 2.14. The highest BCUT2D eigenvalue weighted by molar-refractivity contribution is 7.92. The SMILES string of the molecule is CC[C@@H](C(=O)NC)N(Cc1cccc(C)c1)C(=O)CN(c1cccc(OC)c1)S(=O)(=O)c1ccccc1. The van der Waals surface area contributed by atoms with Crippen LogP contribution in [-0.4, -0.2) is 51.9 Å². The molecule has 0 saturated heterocycles. The van der Waals surface area contributed by atoms with Gasteiger partial charge in [-0.3, -0.25) is 13.9 Å². The van der Waals surface area contributed by atoms with E-state index in [2.05, 4.69) is 5.32 Å². The van der Waals surface area contributed by atoms with Crippen molar-refractivity contribution in [1.82, 2.24) is 10.2 Å². The average molecular weight is 524 g/mol. The molecule has 37 heavy (non-hydrogen) atoms. The van der Waals surface area contributed by atoms with E-state index in [0.29, 0.717) is 12.2 Å². The number of carbonyl (C=O) groups is 2. The van der Waals surface area contributed by atoms with E-state index in [0.717, 1.165) is 15.4 Å². The fourth-order valence-corrected chi connectivity index (χ4v) is 5.53. The van der Waals surface area contributed by atoms with Crippen LogP contribution in [0.3, 0.4) is 0 Å². The monoisotopic (exact) mass is 523 g/mol. The molecule has 3 aromatic rings. The van der Waals surface area contributed by atoms with Gasteiger partial charge in [0.1, 0.15) is 18.3 Å². The Morgan fingerprint density at radius 2 is 1.68 bits per heavy atom. The van der Waals surface area contributed by atoms with Crippen LogP contribution >= 0.6 is 0 Å². The van der Waals surface area contributed by atoms with Gasteiger partial charge < -0.3 is 15.0 Å². The number of sulfonamides is 1.